The predicted molar refractivity (Wildman–Crippen MR) is 126 cm³/mol. The van der Waals surface area contributed by atoms with Crippen LogP contribution in [0.25, 0.3) is 0 Å². The highest BCUT2D eigenvalue weighted by atomic mass is 16.5. The highest BCUT2D eigenvalue weighted by Gasteiger charge is 2.29. The van der Waals surface area contributed by atoms with Gasteiger partial charge in [-0.15, -0.1) is 0 Å². The lowest BCUT2D eigenvalue weighted by Crippen LogP contribution is -2.49. The van der Waals surface area contributed by atoms with Crippen molar-refractivity contribution in [2.75, 3.05) is 24.6 Å². The molecule has 2 amide bonds. The van der Waals surface area contributed by atoms with Gasteiger partial charge >= 0.3 is 0 Å². The normalized spacial score (nSPS) is 21.5. The minimum atomic E-state index is -0.0944. The fourth-order valence-electron chi connectivity index (χ4n) is 4.78. The van der Waals surface area contributed by atoms with E-state index in [4.69, 9.17) is 4.74 Å². The topological polar surface area (TPSA) is 87.7 Å². The van der Waals surface area contributed by atoms with Crippen LogP contribution in [0.5, 0.6) is 5.75 Å². The van der Waals surface area contributed by atoms with Crippen LogP contribution in [0.2, 0.25) is 0 Å². The highest BCUT2D eigenvalue weighted by molar-refractivity contribution is 5.94. The van der Waals surface area contributed by atoms with E-state index in [9.17, 15) is 9.59 Å². The summed E-state index contributed by atoms with van der Waals surface area (Å²) in [5.41, 5.74) is 0.584. The van der Waals surface area contributed by atoms with Crippen molar-refractivity contribution >= 4 is 17.8 Å². The zero-order chi connectivity index (χ0) is 23.2. The first kappa shape index (κ1) is 23.0. The van der Waals surface area contributed by atoms with E-state index in [0.717, 1.165) is 51.1 Å². The average molecular weight is 452 g/mol. The summed E-state index contributed by atoms with van der Waals surface area (Å²) in [6, 6.07) is 9.43. The van der Waals surface area contributed by atoms with E-state index < -0.39 is 0 Å². The van der Waals surface area contributed by atoms with E-state index in [1.807, 2.05) is 4.90 Å². The van der Waals surface area contributed by atoms with Crippen LogP contribution in [-0.2, 0) is 4.79 Å². The quantitative estimate of drug-likeness (QED) is 0.726. The molecular weight excluding hydrogens is 418 g/mol. The number of benzene rings is 1. The second-order valence-electron chi connectivity index (χ2n) is 9.03. The van der Waals surface area contributed by atoms with Crippen LogP contribution in [0.1, 0.15) is 56.3 Å². The average Bonchev–Trinajstić information content (AvgIpc) is 2.84. The summed E-state index contributed by atoms with van der Waals surface area (Å²) in [5, 5.41) is 3.12. The van der Waals surface area contributed by atoms with E-state index in [1.165, 1.54) is 0 Å². The van der Waals surface area contributed by atoms with Gasteiger partial charge in [0, 0.05) is 49.2 Å². The Bertz CT molecular complexity index is 919. The summed E-state index contributed by atoms with van der Waals surface area (Å²) >= 11 is 0. The molecule has 8 nitrogen and oxygen atoms in total. The molecule has 0 bridgehead atoms. The van der Waals surface area contributed by atoms with Crippen molar-refractivity contribution in [3.05, 3.63) is 48.3 Å². The summed E-state index contributed by atoms with van der Waals surface area (Å²) in [7, 11) is 0. The molecule has 1 N–H and O–H groups in total. The second kappa shape index (κ2) is 10.6. The van der Waals surface area contributed by atoms with Crippen LogP contribution in [0.15, 0.2) is 42.7 Å². The lowest BCUT2D eigenvalue weighted by atomic mass is 9.97. The zero-order valence-electron chi connectivity index (χ0n) is 19.4. The van der Waals surface area contributed by atoms with Crippen LogP contribution >= 0.6 is 0 Å². The molecule has 2 saturated heterocycles. The number of hydrogen-bond donors (Lipinski definition) is 1. The monoisotopic (exact) mass is 451 g/mol. The second-order valence-corrected chi connectivity index (χ2v) is 9.03. The smallest absolute Gasteiger partial charge is 0.260 e. The Hall–Kier alpha value is -3.16. The SMILES string of the molecule is CC1CCCC(C)N1C(=O)COc1ccc(C(=O)NC2CCN(c3ncccn3)CC2)cc1. The molecule has 3 heterocycles. The predicted octanol–water partition coefficient (Wildman–Crippen LogP) is 3.04. The van der Waals surface area contributed by atoms with Gasteiger partial charge in [0.25, 0.3) is 11.8 Å². The number of piperidine rings is 2. The number of nitrogens with one attached hydrogen (secondary N) is 1. The maximum Gasteiger partial charge on any atom is 0.260 e. The molecule has 2 aliphatic heterocycles. The first-order valence-electron chi connectivity index (χ1n) is 11.9. The molecule has 1 aromatic carbocycles. The number of carbonyl (C=O) groups excluding carboxylic acids is 2. The standard InChI is InChI=1S/C25H33N5O3/c1-18-5-3-6-19(2)30(18)23(31)17-33-22-9-7-20(8-10-22)24(32)28-21-11-15-29(16-12-21)25-26-13-4-14-27-25/h4,7-10,13-14,18-19,21H,3,5-6,11-12,15-17H2,1-2H3,(H,28,32). The molecule has 4 rings (SSSR count). The van der Waals surface area contributed by atoms with Gasteiger partial charge in [-0.05, 0) is 76.3 Å². The van der Waals surface area contributed by atoms with Gasteiger partial charge in [-0.25, -0.2) is 9.97 Å². The van der Waals surface area contributed by atoms with Crippen LogP contribution in [0.4, 0.5) is 5.95 Å². The van der Waals surface area contributed by atoms with Crippen molar-refractivity contribution < 1.29 is 14.3 Å². The van der Waals surface area contributed by atoms with E-state index in [1.54, 1.807) is 42.7 Å². The van der Waals surface area contributed by atoms with Gasteiger partial charge in [-0.3, -0.25) is 9.59 Å². The molecule has 176 valence electrons. The summed E-state index contributed by atoms with van der Waals surface area (Å²) in [6.45, 7) is 5.83. The van der Waals surface area contributed by atoms with Crippen LogP contribution < -0.4 is 15.0 Å². The van der Waals surface area contributed by atoms with E-state index in [-0.39, 0.29) is 36.5 Å². The summed E-state index contributed by atoms with van der Waals surface area (Å²) < 4.78 is 5.72. The Labute approximate surface area is 195 Å². The van der Waals surface area contributed by atoms with Gasteiger partial charge in [0.1, 0.15) is 5.75 Å². The minimum absolute atomic E-state index is 0.0174. The molecule has 2 atom stereocenters. The largest absolute Gasteiger partial charge is 0.484 e. The first-order chi connectivity index (χ1) is 16.0. The molecule has 33 heavy (non-hydrogen) atoms. The third kappa shape index (κ3) is 5.80. The summed E-state index contributed by atoms with van der Waals surface area (Å²) in [4.78, 5) is 38.0. The molecule has 1 aromatic heterocycles. The van der Waals surface area contributed by atoms with Gasteiger partial charge in [-0.1, -0.05) is 0 Å². The lowest BCUT2D eigenvalue weighted by Gasteiger charge is -2.38. The number of amides is 2. The first-order valence-corrected chi connectivity index (χ1v) is 11.9. The lowest BCUT2D eigenvalue weighted by molar-refractivity contribution is -0.139. The van der Waals surface area contributed by atoms with Crippen LogP contribution in [-0.4, -0.2) is 64.5 Å². The van der Waals surface area contributed by atoms with Gasteiger partial charge in [0.15, 0.2) is 6.61 Å². The van der Waals surface area contributed by atoms with Gasteiger partial charge in [0.2, 0.25) is 5.95 Å². The highest BCUT2D eigenvalue weighted by Crippen LogP contribution is 2.23. The number of hydrogen-bond acceptors (Lipinski definition) is 6. The Morgan fingerprint density at radius 3 is 2.27 bits per heavy atom. The number of anilines is 1. The van der Waals surface area contributed by atoms with Crippen molar-refractivity contribution in [1.82, 2.24) is 20.2 Å². The minimum Gasteiger partial charge on any atom is -0.484 e. The number of aromatic nitrogens is 2. The van der Waals surface area contributed by atoms with Crippen molar-refractivity contribution in [1.29, 1.82) is 0 Å². The number of nitrogens with zero attached hydrogens (tertiary/aromatic N) is 4. The maximum atomic E-state index is 12.7. The van der Waals surface area contributed by atoms with Gasteiger partial charge in [0.05, 0.1) is 0 Å². The zero-order valence-corrected chi connectivity index (χ0v) is 19.4. The molecule has 2 fully saturated rings. The van der Waals surface area contributed by atoms with E-state index in [0.29, 0.717) is 11.3 Å². The number of rotatable bonds is 6. The fourth-order valence-corrected chi connectivity index (χ4v) is 4.78. The van der Waals surface area contributed by atoms with Crippen molar-refractivity contribution in [2.24, 2.45) is 0 Å². The van der Waals surface area contributed by atoms with Gasteiger partial charge < -0.3 is 19.9 Å². The fraction of sp³-hybridized carbons (Fsp3) is 0.520. The molecule has 0 saturated carbocycles. The van der Waals surface area contributed by atoms with E-state index in [2.05, 4.69) is 34.0 Å². The molecule has 0 radical (unpaired) electrons. The Balaban J connectivity index is 1.23. The molecule has 0 aliphatic carbocycles. The Kier molecular flexibility index (Phi) is 7.42. The number of carbonyl (C=O) groups is 2. The summed E-state index contributed by atoms with van der Waals surface area (Å²) in [6.07, 6.45) is 8.43. The van der Waals surface area contributed by atoms with Crippen LogP contribution in [0, 0.1) is 0 Å². The number of ether oxygens (including phenoxy) is 1. The van der Waals surface area contributed by atoms with Gasteiger partial charge in [-0.2, -0.15) is 0 Å². The summed E-state index contributed by atoms with van der Waals surface area (Å²) in [5.74, 6) is 1.25. The van der Waals surface area contributed by atoms with Crippen molar-refractivity contribution in [2.45, 2.75) is 64.1 Å². The molecular formula is C25H33N5O3. The Morgan fingerprint density at radius 1 is 1.00 bits per heavy atom. The molecule has 8 heteroatoms. The van der Waals surface area contributed by atoms with Crippen molar-refractivity contribution in [3.63, 3.8) is 0 Å². The van der Waals surface area contributed by atoms with Crippen LogP contribution in [0.3, 0.4) is 0 Å². The third-order valence-electron chi connectivity index (χ3n) is 6.63. The third-order valence-corrected chi connectivity index (χ3v) is 6.63. The Morgan fingerprint density at radius 2 is 1.64 bits per heavy atom. The van der Waals surface area contributed by atoms with Crippen molar-refractivity contribution in [3.8, 4) is 5.75 Å². The number of likely N-dealkylation sites (tertiary alicyclic amines) is 1. The molecule has 2 unspecified atom stereocenters. The molecule has 0 spiro atoms. The van der Waals surface area contributed by atoms with E-state index >= 15 is 0 Å². The maximum absolute atomic E-state index is 12.7. The molecule has 2 aromatic rings. The molecule has 2 aliphatic rings.